The summed E-state index contributed by atoms with van der Waals surface area (Å²) in [6.07, 6.45) is 0. The largest absolute Gasteiger partial charge is 0.339 e. The molecule has 0 aromatic heterocycles. The van der Waals surface area contributed by atoms with E-state index in [1.807, 2.05) is 32.6 Å². The summed E-state index contributed by atoms with van der Waals surface area (Å²) < 4.78 is 0. The van der Waals surface area contributed by atoms with E-state index in [1.54, 1.807) is 0 Å². The molecule has 0 aliphatic carbocycles. The molecule has 0 saturated carbocycles. The maximum Gasteiger partial charge on any atom is 0.236 e. The Morgan fingerprint density at radius 1 is 1.42 bits per heavy atom. The van der Waals surface area contributed by atoms with Gasteiger partial charge in [0.15, 0.2) is 0 Å². The van der Waals surface area contributed by atoms with Crippen LogP contribution in [-0.4, -0.2) is 36.5 Å². The number of likely N-dealkylation sites (N-methyl/N-ethyl adjacent to an activating group) is 2. The van der Waals surface area contributed by atoms with Crippen LogP contribution in [0.25, 0.3) is 0 Å². The Labute approximate surface area is 75.1 Å². The van der Waals surface area contributed by atoms with E-state index in [0.717, 1.165) is 13.1 Å². The van der Waals surface area contributed by atoms with Gasteiger partial charge in [0.1, 0.15) is 0 Å². The van der Waals surface area contributed by atoms with Crippen LogP contribution < -0.4 is 5.32 Å². The fourth-order valence-electron chi connectivity index (χ4n) is 1.16. The third kappa shape index (κ3) is 3.72. The average Bonchev–Trinajstić information content (AvgIpc) is 2.01. The van der Waals surface area contributed by atoms with E-state index in [1.165, 1.54) is 0 Å². The van der Waals surface area contributed by atoms with Crippen molar-refractivity contribution in [3.63, 3.8) is 0 Å². The van der Waals surface area contributed by atoms with Crippen LogP contribution in [0.1, 0.15) is 27.7 Å². The molecule has 3 nitrogen and oxygen atoms in total. The number of carbonyl (C=O) groups is 1. The maximum absolute atomic E-state index is 11.4. The Bertz CT molecular complexity index is 134. The fraction of sp³-hybridized carbons (Fsp3) is 0.889. The summed E-state index contributed by atoms with van der Waals surface area (Å²) in [5, 5.41) is 3.03. The lowest BCUT2D eigenvalue weighted by Crippen LogP contribution is -2.42. The molecule has 0 aliphatic heterocycles. The Balaban J connectivity index is 3.86. The molecule has 0 heterocycles. The van der Waals surface area contributed by atoms with Gasteiger partial charge in [-0.15, -0.1) is 0 Å². The quantitative estimate of drug-likeness (QED) is 0.667. The second kappa shape index (κ2) is 6.00. The Kier molecular flexibility index (Phi) is 5.72. The lowest BCUT2D eigenvalue weighted by atomic mass is 10.3. The molecule has 0 rings (SSSR count). The smallest absolute Gasteiger partial charge is 0.236 e. The zero-order valence-electron chi connectivity index (χ0n) is 8.55. The highest BCUT2D eigenvalue weighted by atomic mass is 16.2. The predicted octanol–water partition coefficient (Wildman–Crippen LogP) is 0.853. The summed E-state index contributed by atoms with van der Waals surface area (Å²) >= 11 is 0. The second-order valence-corrected chi connectivity index (χ2v) is 3.05. The summed E-state index contributed by atoms with van der Waals surface area (Å²) in [5.74, 6) is 0.189. The number of nitrogens with one attached hydrogen (secondary N) is 1. The lowest BCUT2D eigenvalue weighted by molar-refractivity contribution is -0.131. The van der Waals surface area contributed by atoms with Gasteiger partial charge in [0.05, 0.1) is 6.54 Å². The van der Waals surface area contributed by atoms with Crippen LogP contribution in [0.4, 0.5) is 0 Å². The number of hydrogen-bond donors (Lipinski definition) is 1. The normalized spacial score (nSPS) is 10.4. The van der Waals surface area contributed by atoms with Crippen LogP contribution in [0.2, 0.25) is 0 Å². The molecule has 0 bridgehead atoms. The first kappa shape index (κ1) is 11.4. The van der Waals surface area contributed by atoms with E-state index in [9.17, 15) is 4.79 Å². The first-order valence-electron chi connectivity index (χ1n) is 4.63. The van der Waals surface area contributed by atoms with E-state index in [4.69, 9.17) is 0 Å². The van der Waals surface area contributed by atoms with Crippen LogP contribution in [0, 0.1) is 0 Å². The summed E-state index contributed by atoms with van der Waals surface area (Å²) in [6.45, 7) is 10.2. The molecular formula is C9H20N2O. The van der Waals surface area contributed by atoms with Gasteiger partial charge < -0.3 is 10.2 Å². The summed E-state index contributed by atoms with van der Waals surface area (Å²) in [7, 11) is 0. The van der Waals surface area contributed by atoms with Gasteiger partial charge in [0.25, 0.3) is 0 Å². The Morgan fingerprint density at radius 3 is 2.33 bits per heavy atom. The number of hydrogen-bond acceptors (Lipinski definition) is 2. The van der Waals surface area contributed by atoms with Gasteiger partial charge in [-0.1, -0.05) is 6.92 Å². The minimum absolute atomic E-state index is 0.189. The van der Waals surface area contributed by atoms with Gasteiger partial charge in [-0.05, 0) is 27.3 Å². The van der Waals surface area contributed by atoms with E-state index in [-0.39, 0.29) is 5.91 Å². The molecule has 0 fully saturated rings. The third-order valence-corrected chi connectivity index (χ3v) is 1.81. The molecule has 1 amide bonds. The highest BCUT2D eigenvalue weighted by Gasteiger charge is 2.13. The molecule has 0 saturated heterocycles. The van der Waals surface area contributed by atoms with E-state index in [0.29, 0.717) is 12.6 Å². The van der Waals surface area contributed by atoms with Crippen molar-refractivity contribution >= 4 is 5.91 Å². The average molecular weight is 172 g/mol. The van der Waals surface area contributed by atoms with Crippen LogP contribution in [0.3, 0.4) is 0 Å². The monoisotopic (exact) mass is 172 g/mol. The topological polar surface area (TPSA) is 32.3 Å². The maximum atomic E-state index is 11.4. The summed E-state index contributed by atoms with van der Waals surface area (Å²) in [6, 6.07) is 0.307. The van der Waals surface area contributed by atoms with Gasteiger partial charge in [-0.2, -0.15) is 0 Å². The summed E-state index contributed by atoms with van der Waals surface area (Å²) in [4.78, 5) is 13.3. The van der Waals surface area contributed by atoms with Crippen LogP contribution >= 0.6 is 0 Å². The van der Waals surface area contributed by atoms with Crippen molar-refractivity contribution in [2.75, 3.05) is 19.6 Å². The fourth-order valence-corrected chi connectivity index (χ4v) is 1.16. The molecule has 0 aromatic carbocycles. The van der Waals surface area contributed by atoms with Crippen LogP contribution in [0.15, 0.2) is 0 Å². The molecule has 0 aromatic rings. The van der Waals surface area contributed by atoms with Crippen molar-refractivity contribution in [2.24, 2.45) is 0 Å². The van der Waals surface area contributed by atoms with Crippen molar-refractivity contribution in [3.8, 4) is 0 Å². The lowest BCUT2D eigenvalue weighted by Gasteiger charge is -2.25. The minimum atomic E-state index is 0.189. The third-order valence-electron chi connectivity index (χ3n) is 1.81. The molecular weight excluding hydrogens is 152 g/mol. The van der Waals surface area contributed by atoms with Crippen LogP contribution in [-0.2, 0) is 4.79 Å². The van der Waals surface area contributed by atoms with E-state index < -0.39 is 0 Å². The first-order valence-corrected chi connectivity index (χ1v) is 4.63. The molecule has 0 spiro atoms. The van der Waals surface area contributed by atoms with Crippen molar-refractivity contribution in [2.45, 2.75) is 33.7 Å². The molecule has 3 heteroatoms. The zero-order valence-corrected chi connectivity index (χ0v) is 8.55. The van der Waals surface area contributed by atoms with Gasteiger partial charge in [0, 0.05) is 12.6 Å². The molecule has 72 valence electrons. The molecule has 1 N–H and O–H groups in total. The van der Waals surface area contributed by atoms with Gasteiger partial charge in [-0.3, -0.25) is 4.79 Å². The minimum Gasteiger partial charge on any atom is -0.339 e. The Morgan fingerprint density at radius 2 is 2.00 bits per heavy atom. The number of carbonyl (C=O) groups excluding carboxylic acids is 1. The van der Waals surface area contributed by atoms with Crippen molar-refractivity contribution in [3.05, 3.63) is 0 Å². The first-order chi connectivity index (χ1) is 5.63. The van der Waals surface area contributed by atoms with Gasteiger partial charge in [-0.25, -0.2) is 0 Å². The highest BCUT2D eigenvalue weighted by Crippen LogP contribution is 1.96. The number of nitrogens with zero attached hydrogens (tertiary/aromatic N) is 1. The van der Waals surface area contributed by atoms with E-state index in [2.05, 4.69) is 5.32 Å². The second-order valence-electron chi connectivity index (χ2n) is 3.05. The molecule has 0 radical (unpaired) electrons. The highest BCUT2D eigenvalue weighted by molar-refractivity contribution is 5.78. The molecule has 12 heavy (non-hydrogen) atoms. The molecule has 0 unspecified atom stereocenters. The van der Waals surface area contributed by atoms with Crippen molar-refractivity contribution < 1.29 is 4.79 Å². The number of amides is 1. The molecule has 0 atom stereocenters. The van der Waals surface area contributed by atoms with Crippen molar-refractivity contribution in [1.82, 2.24) is 10.2 Å². The summed E-state index contributed by atoms with van der Waals surface area (Å²) in [5.41, 5.74) is 0. The Hall–Kier alpha value is -0.570. The van der Waals surface area contributed by atoms with Crippen LogP contribution in [0.5, 0.6) is 0 Å². The zero-order chi connectivity index (χ0) is 9.56. The number of rotatable bonds is 5. The SMILES string of the molecule is CCNCC(=O)N(CC)C(C)C. The van der Waals surface area contributed by atoms with Crippen molar-refractivity contribution in [1.29, 1.82) is 0 Å². The predicted molar refractivity (Wildman–Crippen MR) is 51.1 cm³/mol. The molecule has 0 aliphatic rings. The van der Waals surface area contributed by atoms with E-state index >= 15 is 0 Å². The van der Waals surface area contributed by atoms with Gasteiger partial charge in [0.2, 0.25) is 5.91 Å². The standard InChI is InChI=1S/C9H20N2O/c1-5-10-7-9(12)11(6-2)8(3)4/h8,10H,5-7H2,1-4H3. The van der Waals surface area contributed by atoms with Gasteiger partial charge >= 0.3 is 0 Å².